The summed E-state index contributed by atoms with van der Waals surface area (Å²) in [4.78, 5) is 56.6. The third kappa shape index (κ3) is 7.33. The van der Waals surface area contributed by atoms with Gasteiger partial charge in [0.2, 0.25) is 5.91 Å². The molecule has 1 saturated carbocycles. The van der Waals surface area contributed by atoms with E-state index in [1.54, 1.807) is 24.3 Å². The van der Waals surface area contributed by atoms with E-state index in [1.165, 1.54) is 43.4 Å². The molecule has 2 aromatic carbocycles. The minimum Gasteiger partial charge on any atom is -0.468 e. The fourth-order valence-corrected chi connectivity index (χ4v) is 7.93. The molecule has 2 saturated heterocycles. The number of nitrogens with one attached hydrogen (secondary N) is 1. The Hall–Kier alpha value is -3.50. The van der Waals surface area contributed by atoms with Crippen LogP contribution >= 0.6 is 11.6 Å². The summed E-state index contributed by atoms with van der Waals surface area (Å²) in [5, 5.41) is 3.75. The number of carbonyl (C=O) groups excluding carboxylic acids is 4. The van der Waals surface area contributed by atoms with Crippen LogP contribution in [0.15, 0.2) is 48.5 Å². The Balaban J connectivity index is 1.55. The normalized spacial score (nSPS) is 30.6. The highest BCUT2D eigenvalue weighted by Gasteiger charge is 2.55. The van der Waals surface area contributed by atoms with Gasteiger partial charge in [0.15, 0.2) is 0 Å². The minimum absolute atomic E-state index is 0.0277. The van der Waals surface area contributed by atoms with Crippen molar-refractivity contribution in [3.63, 3.8) is 0 Å². The number of halogens is 2. The standard InChI is InChI=1S/C36H44ClFN2O7/c1-19(2)25-15-6-20(3)16-30(25)47-34(42)27-18-29(36(44)46-5)40(32(27)22-9-13-24(38)14-10-22)33(41)26-17-28(35(43)45-4)39-31(26)21-7-11-23(37)12-8-21/h7-14,19-20,25-32,39H,6,15-18H2,1-5H3/t20-,25+,26-,27+,28-,29+,30-,31-,32+/m1/s1. The molecule has 0 unspecified atom stereocenters. The number of methoxy groups -OCH3 is 2. The molecule has 3 fully saturated rings. The van der Waals surface area contributed by atoms with Crippen molar-refractivity contribution in [2.75, 3.05) is 14.2 Å². The van der Waals surface area contributed by atoms with Crippen LogP contribution in [0, 0.1) is 35.4 Å². The zero-order valence-corrected chi connectivity index (χ0v) is 28.2. The Morgan fingerprint density at radius 2 is 1.49 bits per heavy atom. The maximum Gasteiger partial charge on any atom is 0.328 e. The van der Waals surface area contributed by atoms with E-state index in [0.717, 1.165) is 19.3 Å². The number of amides is 1. The molecule has 5 rings (SSSR count). The molecule has 0 radical (unpaired) electrons. The molecule has 0 bridgehead atoms. The van der Waals surface area contributed by atoms with Crippen LogP contribution in [0.2, 0.25) is 5.02 Å². The average Bonchev–Trinajstić information content (AvgIpc) is 3.68. The van der Waals surface area contributed by atoms with Gasteiger partial charge in [-0.15, -0.1) is 0 Å². The highest BCUT2D eigenvalue weighted by molar-refractivity contribution is 6.30. The number of nitrogens with zero attached hydrogens (tertiary/aromatic N) is 1. The first-order valence-electron chi connectivity index (χ1n) is 16.4. The lowest BCUT2D eigenvalue weighted by Gasteiger charge is -2.38. The number of ether oxygens (including phenoxy) is 3. The van der Waals surface area contributed by atoms with E-state index < -0.39 is 65.6 Å². The molecule has 2 aromatic rings. The molecule has 1 aliphatic carbocycles. The Morgan fingerprint density at radius 3 is 2.11 bits per heavy atom. The van der Waals surface area contributed by atoms with Gasteiger partial charge < -0.3 is 19.1 Å². The van der Waals surface area contributed by atoms with Crippen LogP contribution in [0.25, 0.3) is 0 Å². The quantitative estimate of drug-likeness (QED) is 0.277. The van der Waals surface area contributed by atoms with E-state index in [0.29, 0.717) is 28.0 Å². The second-order valence-corrected chi connectivity index (χ2v) is 14.0. The van der Waals surface area contributed by atoms with Gasteiger partial charge in [0.25, 0.3) is 0 Å². The summed E-state index contributed by atoms with van der Waals surface area (Å²) in [6.45, 7) is 6.40. The summed E-state index contributed by atoms with van der Waals surface area (Å²) in [5.41, 5.74) is 1.21. The Bertz CT molecular complexity index is 1450. The molecule has 2 heterocycles. The second kappa shape index (κ2) is 14.7. The van der Waals surface area contributed by atoms with Crippen molar-refractivity contribution in [2.24, 2.45) is 29.6 Å². The van der Waals surface area contributed by atoms with Crippen LogP contribution in [-0.2, 0) is 33.4 Å². The number of carbonyl (C=O) groups is 4. The predicted molar refractivity (Wildman–Crippen MR) is 172 cm³/mol. The maximum absolute atomic E-state index is 14.9. The minimum atomic E-state index is -1.12. The third-order valence-corrected chi connectivity index (χ3v) is 10.5. The lowest BCUT2D eigenvalue weighted by Crippen LogP contribution is -2.46. The number of esters is 3. The summed E-state index contributed by atoms with van der Waals surface area (Å²) in [6, 6.07) is 9.06. The van der Waals surface area contributed by atoms with Gasteiger partial charge in [-0.05, 0) is 78.8 Å². The smallest absolute Gasteiger partial charge is 0.328 e. The molecular weight excluding hydrogens is 627 g/mol. The zero-order valence-electron chi connectivity index (χ0n) is 27.5. The van der Waals surface area contributed by atoms with Crippen molar-refractivity contribution >= 4 is 35.4 Å². The monoisotopic (exact) mass is 670 g/mol. The van der Waals surface area contributed by atoms with Crippen LogP contribution in [0.4, 0.5) is 4.39 Å². The number of benzene rings is 2. The topological polar surface area (TPSA) is 111 Å². The van der Waals surface area contributed by atoms with Crippen LogP contribution in [-0.4, -0.2) is 61.1 Å². The summed E-state index contributed by atoms with van der Waals surface area (Å²) in [6.07, 6.45) is 2.50. The number of rotatable bonds is 8. The van der Waals surface area contributed by atoms with Crippen LogP contribution in [0.3, 0.4) is 0 Å². The highest BCUT2D eigenvalue weighted by atomic mass is 35.5. The van der Waals surface area contributed by atoms with Gasteiger partial charge in [0, 0.05) is 11.1 Å². The van der Waals surface area contributed by atoms with Gasteiger partial charge >= 0.3 is 17.9 Å². The molecule has 0 aromatic heterocycles. The fraction of sp³-hybridized carbons (Fsp3) is 0.556. The van der Waals surface area contributed by atoms with Gasteiger partial charge in [0.1, 0.15) is 24.0 Å². The molecule has 11 heteroatoms. The van der Waals surface area contributed by atoms with Crippen LogP contribution < -0.4 is 5.32 Å². The molecule has 9 atom stereocenters. The molecule has 1 amide bonds. The Kier molecular flexibility index (Phi) is 10.9. The second-order valence-electron chi connectivity index (χ2n) is 13.5. The average molecular weight is 671 g/mol. The van der Waals surface area contributed by atoms with E-state index in [1.807, 2.05) is 0 Å². The first kappa shape index (κ1) is 34.8. The zero-order chi connectivity index (χ0) is 34.0. The largest absolute Gasteiger partial charge is 0.468 e. The molecule has 0 spiro atoms. The fourth-order valence-electron chi connectivity index (χ4n) is 7.80. The number of hydrogen-bond acceptors (Lipinski definition) is 8. The molecule has 9 nitrogen and oxygen atoms in total. The first-order valence-corrected chi connectivity index (χ1v) is 16.8. The predicted octanol–water partition coefficient (Wildman–Crippen LogP) is 5.81. The lowest BCUT2D eigenvalue weighted by molar-refractivity contribution is -0.162. The molecule has 254 valence electrons. The van der Waals surface area contributed by atoms with Crippen LogP contribution in [0.5, 0.6) is 0 Å². The van der Waals surface area contributed by atoms with E-state index in [2.05, 4.69) is 26.1 Å². The van der Waals surface area contributed by atoms with Gasteiger partial charge in [0.05, 0.1) is 32.1 Å². The van der Waals surface area contributed by atoms with Crippen LogP contribution in [0.1, 0.15) is 76.1 Å². The molecule has 1 N–H and O–H groups in total. The van der Waals surface area contributed by atoms with E-state index in [9.17, 15) is 23.6 Å². The molecule has 2 aliphatic heterocycles. The number of likely N-dealkylation sites (tertiary alicyclic amines) is 1. The molecular formula is C36H44ClFN2O7. The Labute approximate surface area is 280 Å². The van der Waals surface area contributed by atoms with Crippen molar-refractivity contribution in [3.05, 3.63) is 70.5 Å². The summed E-state index contributed by atoms with van der Waals surface area (Å²) in [5.74, 6) is -3.48. The number of hydrogen-bond donors (Lipinski definition) is 1. The van der Waals surface area contributed by atoms with Crippen molar-refractivity contribution in [1.29, 1.82) is 0 Å². The van der Waals surface area contributed by atoms with E-state index >= 15 is 0 Å². The Morgan fingerprint density at radius 1 is 0.851 bits per heavy atom. The summed E-state index contributed by atoms with van der Waals surface area (Å²) in [7, 11) is 2.52. The van der Waals surface area contributed by atoms with Crippen molar-refractivity contribution in [1.82, 2.24) is 10.2 Å². The lowest BCUT2D eigenvalue weighted by atomic mass is 9.75. The van der Waals surface area contributed by atoms with E-state index in [-0.39, 0.29) is 24.9 Å². The third-order valence-electron chi connectivity index (χ3n) is 10.3. The SMILES string of the molecule is COC(=O)[C@H]1C[C@@H](C(=O)N2[C@H](C(=O)OC)C[C@H](C(=O)O[C@@H]3C[C@H](C)CC[C@H]3C(C)C)[C@@H]2c2ccc(F)cc2)[C@@H](c2ccc(Cl)cc2)N1. The summed E-state index contributed by atoms with van der Waals surface area (Å²) >= 11 is 6.15. The van der Waals surface area contributed by atoms with Crippen molar-refractivity contribution < 1.29 is 37.8 Å². The van der Waals surface area contributed by atoms with Gasteiger partial charge in [-0.25, -0.2) is 9.18 Å². The highest BCUT2D eigenvalue weighted by Crippen LogP contribution is 2.47. The molecule has 3 aliphatic rings. The first-order chi connectivity index (χ1) is 22.4. The van der Waals surface area contributed by atoms with Crippen molar-refractivity contribution in [3.8, 4) is 0 Å². The van der Waals surface area contributed by atoms with Gasteiger partial charge in [-0.1, -0.05) is 63.1 Å². The van der Waals surface area contributed by atoms with E-state index in [4.69, 9.17) is 25.8 Å². The van der Waals surface area contributed by atoms with Gasteiger partial charge in [-0.2, -0.15) is 0 Å². The van der Waals surface area contributed by atoms with Crippen molar-refractivity contribution in [2.45, 2.75) is 83.1 Å². The maximum atomic E-state index is 14.9. The summed E-state index contributed by atoms with van der Waals surface area (Å²) < 4.78 is 30.6. The van der Waals surface area contributed by atoms with Gasteiger partial charge in [-0.3, -0.25) is 19.7 Å². The molecule has 47 heavy (non-hydrogen) atoms.